The lowest BCUT2D eigenvalue weighted by Crippen LogP contribution is -1.78. The maximum Gasteiger partial charge on any atom is 0.209 e. The Bertz CT molecular complexity index is 484. The highest BCUT2D eigenvalue weighted by atomic mass is 35.5. The van der Waals surface area contributed by atoms with Crippen molar-refractivity contribution in [1.29, 1.82) is 0 Å². The minimum atomic E-state index is -0.461. The summed E-state index contributed by atoms with van der Waals surface area (Å²) < 4.78 is 18.2. The summed E-state index contributed by atoms with van der Waals surface area (Å²) in [4.78, 5) is 3.93. The van der Waals surface area contributed by atoms with E-state index in [1.807, 2.05) is 0 Å². The first-order valence-electron chi connectivity index (χ1n) is 4.17. The van der Waals surface area contributed by atoms with E-state index in [1.165, 1.54) is 18.3 Å². The number of hydrogen-bond donors (Lipinski definition) is 0. The fourth-order valence-corrected chi connectivity index (χ4v) is 1.46. The summed E-state index contributed by atoms with van der Waals surface area (Å²) in [6.07, 6.45) is 1.53. The van der Waals surface area contributed by atoms with Crippen molar-refractivity contribution in [2.24, 2.45) is 0 Å². The van der Waals surface area contributed by atoms with Crippen LogP contribution in [0.1, 0.15) is 5.89 Å². The van der Waals surface area contributed by atoms with Crippen LogP contribution in [0.25, 0.3) is 11.3 Å². The molecule has 0 aliphatic heterocycles. The first-order valence-corrected chi connectivity index (χ1v) is 5.08. The average molecular weight is 246 g/mol. The molecule has 1 aromatic heterocycles. The summed E-state index contributed by atoms with van der Waals surface area (Å²) in [6, 6.07) is 4.33. The van der Waals surface area contributed by atoms with E-state index in [1.54, 1.807) is 6.07 Å². The lowest BCUT2D eigenvalue weighted by Gasteiger charge is -1.97. The van der Waals surface area contributed by atoms with Gasteiger partial charge in [0, 0.05) is 5.56 Å². The van der Waals surface area contributed by atoms with Crippen LogP contribution in [-0.2, 0) is 5.88 Å². The lowest BCUT2D eigenvalue weighted by molar-refractivity contribution is 0.528. The molecule has 0 amide bonds. The van der Waals surface area contributed by atoms with Gasteiger partial charge in [0.25, 0.3) is 0 Å². The maximum absolute atomic E-state index is 12.9. The molecule has 0 atom stereocenters. The Labute approximate surface area is 95.6 Å². The summed E-state index contributed by atoms with van der Waals surface area (Å²) >= 11 is 11.2. The van der Waals surface area contributed by atoms with Gasteiger partial charge in [0.2, 0.25) is 5.89 Å². The molecule has 0 radical (unpaired) electrons. The van der Waals surface area contributed by atoms with Crippen LogP contribution in [0.3, 0.4) is 0 Å². The number of halogens is 3. The number of aromatic nitrogens is 1. The van der Waals surface area contributed by atoms with Crippen molar-refractivity contribution < 1.29 is 8.81 Å². The summed E-state index contributed by atoms with van der Waals surface area (Å²) in [5.41, 5.74) is 0.672. The normalized spacial score (nSPS) is 10.6. The standard InChI is InChI=1S/C10H6Cl2FNO/c11-4-10-14-5-9(15-10)6-1-2-8(13)7(12)3-6/h1-3,5H,4H2. The molecule has 0 fully saturated rings. The highest BCUT2D eigenvalue weighted by Crippen LogP contribution is 2.25. The van der Waals surface area contributed by atoms with E-state index in [0.29, 0.717) is 17.2 Å². The first-order chi connectivity index (χ1) is 7.20. The van der Waals surface area contributed by atoms with Gasteiger partial charge in [-0.1, -0.05) is 11.6 Å². The quantitative estimate of drug-likeness (QED) is 0.751. The van der Waals surface area contributed by atoms with Crippen molar-refractivity contribution in [2.75, 3.05) is 0 Å². The smallest absolute Gasteiger partial charge is 0.209 e. The van der Waals surface area contributed by atoms with Crippen molar-refractivity contribution in [3.8, 4) is 11.3 Å². The second-order valence-electron chi connectivity index (χ2n) is 2.88. The van der Waals surface area contributed by atoms with Gasteiger partial charge in [0.05, 0.1) is 17.1 Å². The van der Waals surface area contributed by atoms with Crippen molar-refractivity contribution in [3.63, 3.8) is 0 Å². The van der Waals surface area contributed by atoms with E-state index >= 15 is 0 Å². The summed E-state index contributed by atoms with van der Waals surface area (Å²) in [6.45, 7) is 0. The molecule has 5 heteroatoms. The van der Waals surface area contributed by atoms with Gasteiger partial charge in [-0.2, -0.15) is 0 Å². The molecule has 2 nitrogen and oxygen atoms in total. The largest absolute Gasteiger partial charge is 0.439 e. The monoisotopic (exact) mass is 245 g/mol. The van der Waals surface area contributed by atoms with Gasteiger partial charge in [0.1, 0.15) is 5.82 Å². The molecule has 1 aromatic carbocycles. The third-order valence-corrected chi connectivity index (χ3v) is 2.39. The van der Waals surface area contributed by atoms with Crippen LogP contribution in [-0.4, -0.2) is 4.98 Å². The Balaban J connectivity index is 2.40. The molecule has 0 aliphatic carbocycles. The molecule has 0 spiro atoms. The van der Waals surface area contributed by atoms with Gasteiger partial charge in [-0.05, 0) is 18.2 Å². The fourth-order valence-electron chi connectivity index (χ4n) is 1.15. The number of rotatable bonds is 2. The predicted molar refractivity (Wildman–Crippen MR) is 56.5 cm³/mol. The van der Waals surface area contributed by atoms with Crippen LogP contribution in [0.2, 0.25) is 5.02 Å². The summed E-state index contributed by atoms with van der Waals surface area (Å²) in [7, 11) is 0. The maximum atomic E-state index is 12.9. The summed E-state index contributed by atoms with van der Waals surface area (Å²) in [5.74, 6) is 0.687. The Kier molecular flexibility index (Phi) is 2.93. The SMILES string of the molecule is Fc1ccc(-c2cnc(CCl)o2)cc1Cl. The number of alkyl halides is 1. The zero-order chi connectivity index (χ0) is 10.8. The molecule has 0 saturated carbocycles. The first kappa shape index (κ1) is 10.5. The summed E-state index contributed by atoms with van der Waals surface area (Å²) in [5, 5.41) is 0.0522. The van der Waals surface area contributed by atoms with E-state index in [-0.39, 0.29) is 10.9 Å². The molecule has 2 aromatic rings. The van der Waals surface area contributed by atoms with Crippen LogP contribution in [0.15, 0.2) is 28.8 Å². The number of benzene rings is 1. The Hall–Kier alpha value is -1.06. The van der Waals surface area contributed by atoms with E-state index in [2.05, 4.69) is 4.98 Å². The average Bonchev–Trinajstić information content (AvgIpc) is 2.70. The molecule has 15 heavy (non-hydrogen) atoms. The highest BCUT2D eigenvalue weighted by molar-refractivity contribution is 6.31. The molecular weight excluding hydrogens is 240 g/mol. The van der Waals surface area contributed by atoms with Gasteiger partial charge < -0.3 is 4.42 Å². The Morgan fingerprint density at radius 1 is 1.40 bits per heavy atom. The van der Waals surface area contributed by atoms with Crippen molar-refractivity contribution in [2.45, 2.75) is 5.88 Å². The molecule has 1 heterocycles. The fraction of sp³-hybridized carbons (Fsp3) is 0.100. The minimum Gasteiger partial charge on any atom is -0.439 e. The van der Waals surface area contributed by atoms with E-state index < -0.39 is 5.82 Å². The number of nitrogens with zero attached hydrogens (tertiary/aromatic N) is 1. The lowest BCUT2D eigenvalue weighted by atomic mass is 10.2. The predicted octanol–water partition coefficient (Wildman–Crippen LogP) is 3.87. The number of oxazole rings is 1. The molecule has 0 N–H and O–H groups in total. The van der Waals surface area contributed by atoms with Crippen molar-refractivity contribution in [1.82, 2.24) is 4.98 Å². The molecule has 0 unspecified atom stereocenters. The molecule has 0 aliphatic rings. The molecule has 2 rings (SSSR count). The van der Waals surface area contributed by atoms with Crippen LogP contribution in [0, 0.1) is 5.82 Å². The molecule has 0 bridgehead atoms. The van der Waals surface area contributed by atoms with Gasteiger partial charge in [-0.25, -0.2) is 9.37 Å². The van der Waals surface area contributed by atoms with E-state index in [9.17, 15) is 4.39 Å². The van der Waals surface area contributed by atoms with Gasteiger partial charge in [-0.15, -0.1) is 11.6 Å². The molecular formula is C10H6Cl2FNO. The zero-order valence-electron chi connectivity index (χ0n) is 7.51. The highest BCUT2D eigenvalue weighted by Gasteiger charge is 2.07. The van der Waals surface area contributed by atoms with E-state index in [0.717, 1.165) is 0 Å². The third-order valence-electron chi connectivity index (χ3n) is 1.87. The Morgan fingerprint density at radius 2 is 2.20 bits per heavy atom. The molecule has 0 saturated heterocycles. The van der Waals surface area contributed by atoms with Crippen LogP contribution < -0.4 is 0 Å². The van der Waals surface area contributed by atoms with Gasteiger partial charge in [-0.3, -0.25) is 0 Å². The second-order valence-corrected chi connectivity index (χ2v) is 3.56. The third kappa shape index (κ3) is 2.13. The van der Waals surface area contributed by atoms with Gasteiger partial charge >= 0.3 is 0 Å². The van der Waals surface area contributed by atoms with Crippen molar-refractivity contribution in [3.05, 3.63) is 41.1 Å². The van der Waals surface area contributed by atoms with Crippen LogP contribution >= 0.6 is 23.2 Å². The zero-order valence-corrected chi connectivity index (χ0v) is 9.02. The Morgan fingerprint density at radius 3 is 2.80 bits per heavy atom. The van der Waals surface area contributed by atoms with E-state index in [4.69, 9.17) is 27.6 Å². The topological polar surface area (TPSA) is 26.0 Å². The minimum absolute atomic E-state index is 0.0522. The molecule has 78 valence electrons. The van der Waals surface area contributed by atoms with Crippen LogP contribution in [0.5, 0.6) is 0 Å². The second kappa shape index (κ2) is 4.21. The van der Waals surface area contributed by atoms with Gasteiger partial charge in [0.15, 0.2) is 5.76 Å². The van der Waals surface area contributed by atoms with Crippen LogP contribution in [0.4, 0.5) is 4.39 Å². The number of hydrogen-bond acceptors (Lipinski definition) is 2. The van der Waals surface area contributed by atoms with Crippen molar-refractivity contribution >= 4 is 23.2 Å².